The van der Waals surface area contributed by atoms with Crippen molar-refractivity contribution in [2.75, 3.05) is 5.32 Å². The van der Waals surface area contributed by atoms with Gasteiger partial charge in [-0.25, -0.2) is 4.98 Å². The van der Waals surface area contributed by atoms with Crippen molar-refractivity contribution in [2.45, 2.75) is 6.42 Å². The second-order valence-corrected chi connectivity index (χ2v) is 7.80. The van der Waals surface area contributed by atoms with Gasteiger partial charge in [0.05, 0.1) is 17.5 Å². The van der Waals surface area contributed by atoms with Crippen molar-refractivity contribution in [3.05, 3.63) is 120 Å². The summed E-state index contributed by atoms with van der Waals surface area (Å²) in [6.45, 7) is 0. The predicted octanol–water partition coefficient (Wildman–Crippen LogP) is 5.64. The van der Waals surface area contributed by atoms with Crippen molar-refractivity contribution in [1.29, 1.82) is 0 Å². The zero-order chi connectivity index (χ0) is 22.6. The molecule has 0 radical (unpaired) electrons. The second kappa shape index (κ2) is 8.93. The molecule has 5 heteroatoms. The molecule has 160 valence electrons. The Morgan fingerprint density at radius 2 is 1.45 bits per heavy atom. The van der Waals surface area contributed by atoms with Crippen molar-refractivity contribution in [3.8, 4) is 11.4 Å². The first-order chi connectivity index (χ1) is 16.2. The highest BCUT2D eigenvalue weighted by molar-refractivity contribution is 6.10. The minimum absolute atomic E-state index is 0.0238. The number of ketones is 1. The van der Waals surface area contributed by atoms with E-state index in [9.17, 15) is 9.59 Å². The Bertz CT molecular complexity index is 1420. The number of aromatic nitrogens is 2. The molecule has 5 rings (SSSR count). The molecule has 0 spiro atoms. The Morgan fingerprint density at radius 1 is 0.758 bits per heavy atom. The maximum absolute atomic E-state index is 12.7. The molecule has 0 fully saturated rings. The third-order valence-corrected chi connectivity index (χ3v) is 5.43. The average molecular weight is 431 g/mol. The van der Waals surface area contributed by atoms with Gasteiger partial charge >= 0.3 is 0 Å². The number of carbonyl (C=O) groups is 2. The minimum atomic E-state index is -0.0618. The molecule has 4 aromatic carbocycles. The fourth-order valence-corrected chi connectivity index (χ4v) is 3.74. The zero-order valence-corrected chi connectivity index (χ0v) is 17.8. The van der Waals surface area contributed by atoms with Crippen LogP contribution in [0.25, 0.3) is 22.4 Å². The summed E-state index contributed by atoms with van der Waals surface area (Å²) >= 11 is 0. The molecule has 5 aromatic rings. The van der Waals surface area contributed by atoms with Crippen LogP contribution < -0.4 is 5.32 Å². The number of aromatic amines is 1. The fraction of sp³-hybridized carbons (Fsp3) is 0.0357. The van der Waals surface area contributed by atoms with E-state index in [1.165, 1.54) is 0 Å². The number of imidazole rings is 1. The lowest BCUT2D eigenvalue weighted by atomic mass is 10.0. The Balaban J connectivity index is 1.32. The van der Waals surface area contributed by atoms with Crippen LogP contribution in [-0.2, 0) is 11.2 Å². The highest BCUT2D eigenvalue weighted by atomic mass is 16.1. The summed E-state index contributed by atoms with van der Waals surface area (Å²) in [6, 6.07) is 31.9. The van der Waals surface area contributed by atoms with E-state index in [0.29, 0.717) is 23.4 Å². The third kappa shape index (κ3) is 4.57. The minimum Gasteiger partial charge on any atom is -0.338 e. The van der Waals surface area contributed by atoms with Crippen LogP contribution in [0.15, 0.2) is 103 Å². The second-order valence-electron chi connectivity index (χ2n) is 7.80. The van der Waals surface area contributed by atoms with Crippen molar-refractivity contribution in [3.63, 3.8) is 0 Å². The van der Waals surface area contributed by atoms with E-state index < -0.39 is 0 Å². The van der Waals surface area contributed by atoms with E-state index in [-0.39, 0.29) is 11.7 Å². The van der Waals surface area contributed by atoms with Gasteiger partial charge in [-0.15, -0.1) is 0 Å². The molecule has 0 bridgehead atoms. The summed E-state index contributed by atoms with van der Waals surface area (Å²) < 4.78 is 0. The lowest BCUT2D eigenvalue weighted by molar-refractivity contribution is -0.115. The summed E-state index contributed by atoms with van der Waals surface area (Å²) in [4.78, 5) is 33.0. The number of hydrogen-bond acceptors (Lipinski definition) is 3. The van der Waals surface area contributed by atoms with Crippen LogP contribution >= 0.6 is 0 Å². The van der Waals surface area contributed by atoms with E-state index in [1.54, 1.807) is 6.07 Å². The number of carbonyl (C=O) groups excluding carboxylic acids is 2. The third-order valence-electron chi connectivity index (χ3n) is 5.43. The Labute approximate surface area is 191 Å². The molecule has 0 atom stereocenters. The van der Waals surface area contributed by atoms with E-state index in [0.717, 1.165) is 27.8 Å². The molecule has 0 aliphatic carbocycles. The van der Waals surface area contributed by atoms with Gasteiger partial charge in [-0.2, -0.15) is 0 Å². The van der Waals surface area contributed by atoms with E-state index >= 15 is 0 Å². The van der Waals surface area contributed by atoms with Crippen LogP contribution in [0.3, 0.4) is 0 Å². The number of fused-ring (bicyclic) bond motifs is 1. The molecule has 1 heterocycles. The number of nitrogens with zero attached hydrogens (tertiary/aromatic N) is 1. The van der Waals surface area contributed by atoms with E-state index in [1.807, 2.05) is 97.1 Å². The number of benzene rings is 4. The predicted molar refractivity (Wildman–Crippen MR) is 130 cm³/mol. The van der Waals surface area contributed by atoms with Crippen LogP contribution in [0, 0.1) is 0 Å². The lowest BCUT2D eigenvalue weighted by Crippen LogP contribution is -2.14. The van der Waals surface area contributed by atoms with Gasteiger partial charge in [0, 0.05) is 22.4 Å². The summed E-state index contributed by atoms with van der Waals surface area (Å²) in [5.74, 6) is 0.619. The van der Waals surface area contributed by atoms with Crippen molar-refractivity contribution < 1.29 is 9.59 Å². The molecular weight excluding hydrogens is 410 g/mol. The molecule has 0 saturated heterocycles. The van der Waals surface area contributed by atoms with Crippen LogP contribution in [0.1, 0.15) is 21.5 Å². The van der Waals surface area contributed by atoms with E-state index in [4.69, 9.17) is 0 Å². The van der Waals surface area contributed by atoms with Crippen LogP contribution in [0.2, 0.25) is 0 Å². The van der Waals surface area contributed by atoms with Gasteiger partial charge in [0.2, 0.25) is 5.91 Å². The first-order valence-corrected chi connectivity index (χ1v) is 10.7. The molecule has 0 saturated carbocycles. The number of hydrogen-bond donors (Lipinski definition) is 2. The standard InChI is InChI=1S/C28H21N3O2/c32-26(17-19-7-3-1-4-8-19)29-23-14-11-21(12-15-23)28-30-24-16-13-22(18-25(24)31-28)27(33)20-9-5-2-6-10-20/h1-16,18H,17H2,(H,29,32)(H,30,31). The first kappa shape index (κ1) is 20.4. The topological polar surface area (TPSA) is 74.8 Å². The highest BCUT2D eigenvalue weighted by Gasteiger charge is 2.12. The molecule has 1 amide bonds. The number of rotatable bonds is 6. The van der Waals surface area contributed by atoms with Gasteiger partial charge in [0.1, 0.15) is 5.82 Å². The summed E-state index contributed by atoms with van der Waals surface area (Å²) in [5.41, 5.74) is 5.44. The molecule has 0 aliphatic heterocycles. The number of nitrogens with one attached hydrogen (secondary N) is 2. The van der Waals surface area contributed by atoms with Gasteiger partial charge in [-0.3, -0.25) is 9.59 Å². The van der Waals surface area contributed by atoms with Crippen LogP contribution in [-0.4, -0.2) is 21.7 Å². The average Bonchev–Trinajstić information content (AvgIpc) is 3.28. The maximum atomic E-state index is 12.7. The van der Waals surface area contributed by atoms with Gasteiger partial charge < -0.3 is 10.3 Å². The highest BCUT2D eigenvalue weighted by Crippen LogP contribution is 2.24. The molecule has 2 N–H and O–H groups in total. The zero-order valence-electron chi connectivity index (χ0n) is 17.8. The van der Waals surface area contributed by atoms with Crippen LogP contribution in [0.4, 0.5) is 5.69 Å². The quantitative estimate of drug-likeness (QED) is 0.342. The van der Waals surface area contributed by atoms with Gasteiger partial charge in [0.15, 0.2) is 5.78 Å². The summed E-state index contributed by atoms with van der Waals surface area (Å²) in [7, 11) is 0. The van der Waals surface area contributed by atoms with Crippen molar-refractivity contribution in [1.82, 2.24) is 9.97 Å². The monoisotopic (exact) mass is 431 g/mol. The summed E-state index contributed by atoms with van der Waals surface area (Å²) in [5, 5.41) is 2.92. The SMILES string of the molecule is O=C(Cc1ccccc1)Nc1ccc(-c2nc3ccc(C(=O)c4ccccc4)cc3[nH]2)cc1. The molecular formula is C28H21N3O2. The van der Waals surface area contributed by atoms with Crippen LogP contribution in [0.5, 0.6) is 0 Å². The normalized spacial score (nSPS) is 10.8. The molecule has 0 aliphatic rings. The summed E-state index contributed by atoms with van der Waals surface area (Å²) in [6.07, 6.45) is 0.330. The molecule has 33 heavy (non-hydrogen) atoms. The lowest BCUT2D eigenvalue weighted by Gasteiger charge is -2.06. The largest absolute Gasteiger partial charge is 0.338 e. The molecule has 1 aromatic heterocycles. The molecule has 0 unspecified atom stereocenters. The Morgan fingerprint density at radius 3 is 2.18 bits per heavy atom. The smallest absolute Gasteiger partial charge is 0.228 e. The number of amides is 1. The van der Waals surface area contributed by atoms with E-state index in [2.05, 4.69) is 15.3 Å². The Hall–Kier alpha value is -4.51. The fourth-order valence-electron chi connectivity index (χ4n) is 3.74. The first-order valence-electron chi connectivity index (χ1n) is 10.7. The number of H-pyrrole nitrogens is 1. The maximum Gasteiger partial charge on any atom is 0.228 e. The van der Waals surface area contributed by atoms with Gasteiger partial charge in [-0.1, -0.05) is 60.7 Å². The molecule has 5 nitrogen and oxygen atoms in total. The number of anilines is 1. The van der Waals surface area contributed by atoms with Gasteiger partial charge in [0.25, 0.3) is 0 Å². The van der Waals surface area contributed by atoms with Gasteiger partial charge in [-0.05, 0) is 48.0 Å². The Kier molecular flexibility index (Phi) is 5.52. The van der Waals surface area contributed by atoms with Crippen molar-refractivity contribution in [2.24, 2.45) is 0 Å². The van der Waals surface area contributed by atoms with Crippen molar-refractivity contribution >= 4 is 28.4 Å².